The molecule has 0 radical (unpaired) electrons. The number of hydrogen-bond acceptors (Lipinski definition) is 3. The van der Waals surface area contributed by atoms with Crippen molar-refractivity contribution in [3.8, 4) is 0 Å². The van der Waals surface area contributed by atoms with Crippen molar-refractivity contribution in [3.05, 3.63) is 70.4 Å². The van der Waals surface area contributed by atoms with Gasteiger partial charge in [0.25, 0.3) is 5.91 Å². The zero-order chi connectivity index (χ0) is 16.7. The van der Waals surface area contributed by atoms with Crippen molar-refractivity contribution < 1.29 is 4.79 Å². The van der Waals surface area contributed by atoms with Gasteiger partial charge >= 0.3 is 0 Å². The van der Waals surface area contributed by atoms with Gasteiger partial charge in [-0.25, -0.2) is 4.98 Å². The quantitative estimate of drug-likeness (QED) is 0.744. The summed E-state index contributed by atoms with van der Waals surface area (Å²) >= 11 is 12.0. The molecule has 1 heterocycles. The van der Waals surface area contributed by atoms with E-state index < -0.39 is 0 Å². The van der Waals surface area contributed by atoms with E-state index in [9.17, 15) is 4.79 Å². The number of carbonyl (C=O) groups excluding carboxylic acids is 1. The zero-order valence-corrected chi connectivity index (χ0v) is 14.0. The summed E-state index contributed by atoms with van der Waals surface area (Å²) in [7, 11) is 0. The van der Waals surface area contributed by atoms with E-state index in [0.29, 0.717) is 40.9 Å². The van der Waals surface area contributed by atoms with E-state index >= 15 is 0 Å². The van der Waals surface area contributed by atoms with E-state index in [2.05, 4.69) is 22.2 Å². The Morgan fingerprint density at radius 1 is 1.26 bits per heavy atom. The zero-order valence-electron chi connectivity index (χ0n) is 12.5. The molecule has 4 nitrogen and oxygen atoms in total. The van der Waals surface area contributed by atoms with Crippen molar-refractivity contribution in [2.45, 2.75) is 6.42 Å². The van der Waals surface area contributed by atoms with Gasteiger partial charge in [0, 0.05) is 34.9 Å². The van der Waals surface area contributed by atoms with Crippen LogP contribution in [0.2, 0.25) is 10.0 Å². The number of nitrogens with zero attached hydrogens (tertiary/aromatic N) is 1. The molecule has 1 amide bonds. The number of rotatable bonds is 7. The van der Waals surface area contributed by atoms with Gasteiger partial charge in [0.2, 0.25) is 0 Å². The molecule has 0 fully saturated rings. The Bertz CT molecular complexity index is 704. The van der Waals surface area contributed by atoms with Crippen LogP contribution in [-0.2, 0) is 6.42 Å². The van der Waals surface area contributed by atoms with E-state index in [0.717, 1.165) is 5.56 Å². The van der Waals surface area contributed by atoms with Crippen LogP contribution < -0.4 is 10.6 Å². The van der Waals surface area contributed by atoms with Gasteiger partial charge in [0.1, 0.15) is 5.82 Å². The summed E-state index contributed by atoms with van der Waals surface area (Å²) in [5.74, 6) is 0.484. The summed E-state index contributed by atoms with van der Waals surface area (Å²) in [4.78, 5) is 16.3. The van der Waals surface area contributed by atoms with Crippen molar-refractivity contribution in [3.63, 3.8) is 0 Å². The van der Waals surface area contributed by atoms with Gasteiger partial charge in [-0.2, -0.15) is 0 Å². The fourth-order valence-corrected chi connectivity index (χ4v) is 2.49. The first-order chi connectivity index (χ1) is 11.1. The molecule has 120 valence electrons. The van der Waals surface area contributed by atoms with E-state index in [4.69, 9.17) is 23.2 Å². The summed E-state index contributed by atoms with van der Waals surface area (Å²) in [5, 5.41) is 7.11. The van der Waals surface area contributed by atoms with Crippen LogP contribution in [0, 0.1) is 0 Å². The molecule has 6 heteroatoms. The molecule has 2 aromatic rings. The molecule has 0 aliphatic rings. The van der Waals surface area contributed by atoms with Gasteiger partial charge in [-0.1, -0.05) is 35.3 Å². The molecule has 0 saturated carbocycles. The molecule has 0 unspecified atom stereocenters. The maximum atomic E-state index is 12.2. The fraction of sp³-hybridized carbons (Fsp3) is 0.176. The summed E-state index contributed by atoms with van der Waals surface area (Å²) < 4.78 is 0. The molecule has 1 aromatic carbocycles. The van der Waals surface area contributed by atoms with Crippen LogP contribution >= 0.6 is 23.2 Å². The Morgan fingerprint density at radius 3 is 2.83 bits per heavy atom. The normalized spacial score (nSPS) is 10.2. The van der Waals surface area contributed by atoms with Gasteiger partial charge in [0.05, 0.1) is 0 Å². The number of nitrogens with one attached hydrogen (secondary N) is 2. The minimum atomic E-state index is -0.154. The highest BCUT2D eigenvalue weighted by atomic mass is 35.5. The molecule has 0 spiro atoms. The van der Waals surface area contributed by atoms with Crippen molar-refractivity contribution in [2.24, 2.45) is 0 Å². The third kappa shape index (κ3) is 5.27. The van der Waals surface area contributed by atoms with Crippen molar-refractivity contribution in [1.82, 2.24) is 10.3 Å². The standard InChI is InChI=1S/C17H17Cl2N3O/c1-2-7-20-16-10-13(6-8-21-16)17(23)22-9-5-12-3-4-14(18)11-15(12)19/h2-4,6,8,10-11H,1,5,7,9H2,(H,20,21)(H,22,23). The smallest absolute Gasteiger partial charge is 0.251 e. The van der Waals surface area contributed by atoms with Crippen LogP contribution in [0.5, 0.6) is 0 Å². The highest BCUT2D eigenvalue weighted by molar-refractivity contribution is 6.35. The molecule has 23 heavy (non-hydrogen) atoms. The van der Waals surface area contributed by atoms with Crippen LogP contribution in [0.4, 0.5) is 5.82 Å². The number of halogens is 2. The topological polar surface area (TPSA) is 54.0 Å². The molecule has 1 aromatic heterocycles. The average Bonchev–Trinajstić information content (AvgIpc) is 2.55. The Balaban J connectivity index is 1.90. The third-order valence-corrected chi connectivity index (χ3v) is 3.73. The van der Waals surface area contributed by atoms with Crippen LogP contribution in [-0.4, -0.2) is 24.0 Å². The van der Waals surface area contributed by atoms with Gasteiger partial charge < -0.3 is 10.6 Å². The number of carbonyl (C=O) groups is 1. The highest BCUT2D eigenvalue weighted by Gasteiger charge is 2.07. The van der Waals surface area contributed by atoms with Crippen LogP contribution in [0.1, 0.15) is 15.9 Å². The van der Waals surface area contributed by atoms with Gasteiger partial charge in [-0.15, -0.1) is 6.58 Å². The predicted molar refractivity (Wildman–Crippen MR) is 95.4 cm³/mol. The predicted octanol–water partition coefficient (Wildman–Crippen LogP) is 3.96. The number of benzene rings is 1. The average molecular weight is 350 g/mol. The number of amides is 1. The summed E-state index contributed by atoms with van der Waals surface area (Å²) in [6.45, 7) is 4.70. The van der Waals surface area contributed by atoms with Gasteiger partial charge in [-0.05, 0) is 36.2 Å². The molecule has 0 saturated heterocycles. The largest absolute Gasteiger partial charge is 0.367 e. The maximum absolute atomic E-state index is 12.2. The van der Waals surface area contributed by atoms with Crippen molar-refractivity contribution in [2.75, 3.05) is 18.4 Å². The minimum Gasteiger partial charge on any atom is -0.367 e. The van der Waals surface area contributed by atoms with E-state index in [1.165, 1.54) is 0 Å². The molecule has 0 atom stereocenters. The Labute approximate surface area is 145 Å². The molecular weight excluding hydrogens is 333 g/mol. The number of pyridine rings is 1. The summed E-state index contributed by atoms with van der Waals surface area (Å²) in [6.07, 6.45) is 3.95. The van der Waals surface area contributed by atoms with Crippen LogP contribution in [0.3, 0.4) is 0 Å². The van der Waals surface area contributed by atoms with E-state index in [1.807, 2.05) is 6.07 Å². The maximum Gasteiger partial charge on any atom is 0.251 e. The van der Waals surface area contributed by atoms with Crippen LogP contribution in [0.25, 0.3) is 0 Å². The number of anilines is 1. The van der Waals surface area contributed by atoms with E-state index in [1.54, 1.807) is 36.5 Å². The molecule has 0 aliphatic heterocycles. The molecule has 2 rings (SSSR count). The fourth-order valence-electron chi connectivity index (χ4n) is 1.98. The van der Waals surface area contributed by atoms with E-state index in [-0.39, 0.29) is 5.91 Å². The highest BCUT2D eigenvalue weighted by Crippen LogP contribution is 2.21. The van der Waals surface area contributed by atoms with Crippen molar-refractivity contribution in [1.29, 1.82) is 0 Å². The number of hydrogen-bond donors (Lipinski definition) is 2. The summed E-state index contributed by atoms with van der Waals surface area (Å²) in [5.41, 5.74) is 1.49. The number of aromatic nitrogens is 1. The Morgan fingerprint density at radius 2 is 2.09 bits per heavy atom. The van der Waals surface area contributed by atoms with Crippen LogP contribution in [0.15, 0.2) is 49.2 Å². The first-order valence-electron chi connectivity index (χ1n) is 7.13. The molecule has 0 bridgehead atoms. The SMILES string of the molecule is C=CCNc1cc(C(=O)NCCc2ccc(Cl)cc2Cl)ccn1. The Kier molecular flexibility index (Phi) is 6.44. The lowest BCUT2D eigenvalue weighted by Crippen LogP contribution is -2.25. The third-order valence-electron chi connectivity index (χ3n) is 3.14. The lowest BCUT2D eigenvalue weighted by Gasteiger charge is -2.08. The second-order valence-electron chi connectivity index (χ2n) is 4.84. The monoisotopic (exact) mass is 349 g/mol. The van der Waals surface area contributed by atoms with Gasteiger partial charge in [0.15, 0.2) is 0 Å². The molecule has 0 aliphatic carbocycles. The van der Waals surface area contributed by atoms with Gasteiger partial charge in [-0.3, -0.25) is 4.79 Å². The molecule has 2 N–H and O–H groups in total. The first-order valence-corrected chi connectivity index (χ1v) is 7.88. The minimum absolute atomic E-state index is 0.154. The summed E-state index contributed by atoms with van der Waals surface area (Å²) in [6, 6.07) is 8.71. The van der Waals surface area contributed by atoms with Crippen molar-refractivity contribution >= 4 is 34.9 Å². The second-order valence-corrected chi connectivity index (χ2v) is 5.68. The molecular formula is C17H17Cl2N3O. The Hall–Kier alpha value is -2.04. The lowest BCUT2D eigenvalue weighted by atomic mass is 10.1. The lowest BCUT2D eigenvalue weighted by molar-refractivity contribution is 0.0954. The first kappa shape index (κ1) is 17.3. The second kappa shape index (κ2) is 8.56.